The summed E-state index contributed by atoms with van der Waals surface area (Å²) in [6.07, 6.45) is 0. The third-order valence-electron chi connectivity index (χ3n) is 2.36. The molecule has 1 aromatic carbocycles. The highest BCUT2D eigenvalue weighted by Gasteiger charge is 2.26. The quantitative estimate of drug-likeness (QED) is 0.633. The number of benzene rings is 1. The molecule has 0 aromatic heterocycles. The van der Waals surface area contributed by atoms with Gasteiger partial charge in [0.1, 0.15) is 17.3 Å². The van der Waals surface area contributed by atoms with Crippen LogP contribution in [0.3, 0.4) is 0 Å². The van der Waals surface area contributed by atoms with Gasteiger partial charge >= 0.3 is 5.97 Å². The summed E-state index contributed by atoms with van der Waals surface area (Å²) in [7, 11) is -2.85. The molecule has 0 radical (unpaired) electrons. The number of carbonyl (C=O) groups excluding carboxylic acids is 1. The maximum Gasteiger partial charge on any atom is 0.321 e. The van der Waals surface area contributed by atoms with Gasteiger partial charge < -0.3 is 10.5 Å². The van der Waals surface area contributed by atoms with Crippen molar-refractivity contribution in [3.8, 4) is 0 Å². The Kier molecular flexibility index (Phi) is 4.84. The smallest absolute Gasteiger partial charge is 0.321 e. The van der Waals surface area contributed by atoms with Gasteiger partial charge in [-0.25, -0.2) is 12.8 Å². The van der Waals surface area contributed by atoms with Crippen LogP contribution in [0.4, 0.5) is 10.1 Å². The van der Waals surface area contributed by atoms with E-state index >= 15 is 0 Å². The monoisotopic (exact) mass is 290 g/mol. The Balaban J connectivity index is 3.04. The average molecular weight is 290 g/mol. The fourth-order valence-electron chi connectivity index (χ4n) is 1.38. The zero-order valence-electron chi connectivity index (χ0n) is 10.6. The van der Waals surface area contributed by atoms with Crippen molar-refractivity contribution in [2.75, 3.05) is 25.9 Å². The molecule has 0 bridgehead atoms. The van der Waals surface area contributed by atoms with Crippen molar-refractivity contribution in [3.05, 3.63) is 24.0 Å². The van der Waals surface area contributed by atoms with Gasteiger partial charge in [0.25, 0.3) is 0 Å². The number of hydrogen-bond donors (Lipinski definition) is 1. The van der Waals surface area contributed by atoms with Gasteiger partial charge in [-0.05, 0) is 19.1 Å². The molecule has 0 aliphatic carbocycles. The molecule has 0 amide bonds. The molecule has 6 nitrogen and oxygen atoms in total. The molecule has 0 spiro atoms. The van der Waals surface area contributed by atoms with E-state index in [0.717, 1.165) is 10.4 Å². The van der Waals surface area contributed by atoms with E-state index in [-0.39, 0.29) is 11.5 Å². The number of nitrogens with zero attached hydrogens (tertiary/aromatic N) is 1. The molecule has 0 unspecified atom stereocenters. The number of likely N-dealkylation sites (N-methyl/N-ethyl adjacent to an activating group) is 1. The lowest BCUT2D eigenvalue weighted by Crippen LogP contribution is -2.33. The Labute approximate surface area is 111 Å². The second kappa shape index (κ2) is 5.98. The molecule has 19 heavy (non-hydrogen) atoms. The summed E-state index contributed by atoms with van der Waals surface area (Å²) in [5.41, 5.74) is 4.93. The molecule has 0 saturated heterocycles. The van der Waals surface area contributed by atoms with Gasteiger partial charge in [0.2, 0.25) is 10.0 Å². The molecule has 2 N–H and O–H groups in total. The van der Waals surface area contributed by atoms with Gasteiger partial charge in [-0.2, -0.15) is 4.31 Å². The molecule has 0 aliphatic rings. The number of para-hydroxylation sites is 1. The Morgan fingerprint density at radius 2 is 2.11 bits per heavy atom. The summed E-state index contributed by atoms with van der Waals surface area (Å²) >= 11 is 0. The number of ether oxygens (including phenoxy) is 1. The van der Waals surface area contributed by atoms with Crippen LogP contribution in [0.25, 0.3) is 0 Å². The van der Waals surface area contributed by atoms with Crippen LogP contribution in [0.1, 0.15) is 6.92 Å². The van der Waals surface area contributed by atoms with Gasteiger partial charge in [0, 0.05) is 7.05 Å². The van der Waals surface area contributed by atoms with Gasteiger partial charge in [0.05, 0.1) is 12.3 Å². The molecule has 0 atom stereocenters. The van der Waals surface area contributed by atoms with Gasteiger partial charge in [-0.1, -0.05) is 6.07 Å². The first kappa shape index (κ1) is 15.4. The lowest BCUT2D eigenvalue weighted by Gasteiger charge is -2.17. The van der Waals surface area contributed by atoms with E-state index in [0.29, 0.717) is 0 Å². The normalized spacial score (nSPS) is 11.6. The third kappa shape index (κ3) is 3.42. The minimum Gasteiger partial charge on any atom is -0.465 e. The van der Waals surface area contributed by atoms with Crippen LogP contribution in [0.15, 0.2) is 23.1 Å². The molecule has 1 aromatic rings. The van der Waals surface area contributed by atoms with E-state index in [1.807, 2.05) is 0 Å². The Bertz CT molecular complexity index is 574. The van der Waals surface area contributed by atoms with E-state index in [1.165, 1.54) is 19.2 Å². The summed E-state index contributed by atoms with van der Waals surface area (Å²) in [4.78, 5) is 10.9. The SMILES string of the molecule is CCOC(=O)CN(C)S(=O)(=O)c1cccc(F)c1N. The molecule has 0 fully saturated rings. The lowest BCUT2D eigenvalue weighted by atomic mass is 10.3. The standard InChI is InChI=1S/C11H15FN2O4S/c1-3-18-10(15)7-14(2)19(16,17)9-6-4-5-8(12)11(9)13/h4-6H,3,7,13H2,1-2H3. The Morgan fingerprint density at radius 1 is 1.47 bits per heavy atom. The number of nitrogens with two attached hydrogens (primary N) is 1. The van der Waals surface area contributed by atoms with Crippen molar-refractivity contribution in [1.82, 2.24) is 4.31 Å². The third-order valence-corrected chi connectivity index (χ3v) is 4.22. The highest BCUT2D eigenvalue weighted by molar-refractivity contribution is 7.89. The van der Waals surface area contributed by atoms with Crippen LogP contribution in [0.5, 0.6) is 0 Å². The van der Waals surface area contributed by atoms with E-state index in [1.54, 1.807) is 6.92 Å². The molecule has 0 saturated carbocycles. The second-order valence-electron chi connectivity index (χ2n) is 3.72. The molecule has 1 rings (SSSR count). The van der Waals surface area contributed by atoms with E-state index in [4.69, 9.17) is 5.73 Å². The fraction of sp³-hybridized carbons (Fsp3) is 0.364. The zero-order chi connectivity index (χ0) is 14.6. The molecule has 106 valence electrons. The first-order valence-electron chi connectivity index (χ1n) is 5.46. The number of carbonyl (C=O) groups is 1. The summed E-state index contributed by atoms with van der Waals surface area (Å²) in [5.74, 6) is -1.52. The predicted molar refractivity (Wildman–Crippen MR) is 67.3 cm³/mol. The minimum absolute atomic E-state index is 0.148. The van der Waals surface area contributed by atoms with Crippen molar-refractivity contribution < 1.29 is 22.3 Å². The van der Waals surface area contributed by atoms with Crippen LogP contribution in [-0.2, 0) is 19.6 Å². The average Bonchev–Trinajstić information content (AvgIpc) is 2.32. The number of halogens is 1. The van der Waals surface area contributed by atoms with Crippen molar-refractivity contribution in [2.45, 2.75) is 11.8 Å². The van der Waals surface area contributed by atoms with Gasteiger partial charge in [-0.15, -0.1) is 0 Å². The molecule has 0 aliphatic heterocycles. The summed E-state index contributed by atoms with van der Waals surface area (Å²) < 4.78 is 42.9. The summed E-state index contributed by atoms with van der Waals surface area (Å²) in [6, 6.07) is 3.46. The van der Waals surface area contributed by atoms with Gasteiger partial charge in [-0.3, -0.25) is 4.79 Å². The number of nitrogen functional groups attached to an aromatic ring is 1. The van der Waals surface area contributed by atoms with Crippen molar-refractivity contribution in [2.24, 2.45) is 0 Å². The van der Waals surface area contributed by atoms with E-state index < -0.39 is 34.0 Å². The van der Waals surface area contributed by atoms with Crippen LogP contribution in [0, 0.1) is 5.82 Å². The first-order valence-corrected chi connectivity index (χ1v) is 6.90. The number of sulfonamides is 1. The fourth-order valence-corrected chi connectivity index (χ4v) is 2.62. The van der Waals surface area contributed by atoms with Crippen LogP contribution >= 0.6 is 0 Å². The van der Waals surface area contributed by atoms with Crippen LogP contribution < -0.4 is 5.73 Å². The number of hydrogen-bond acceptors (Lipinski definition) is 5. The minimum atomic E-state index is -4.04. The molecule has 8 heteroatoms. The Morgan fingerprint density at radius 3 is 2.68 bits per heavy atom. The number of anilines is 1. The van der Waals surface area contributed by atoms with E-state index in [2.05, 4.69) is 4.74 Å². The second-order valence-corrected chi connectivity index (χ2v) is 5.73. The maximum absolute atomic E-state index is 13.3. The van der Waals surface area contributed by atoms with Crippen LogP contribution in [-0.4, -0.2) is 38.9 Å². The number of rotatable bonds is 5. The largest absolute Gasteiger partial charge is 0.465 e. The molecule has 0 heterocycles. The summed E-state index contributed by atoms with van der Waals surface area (Å²) in [6.45, 7) is 1.29. The highest BCUT2D eigenvalue weighted by Crippen LogP contribution is 2.23. The molecular formula is C11H15FN2O4S. The zero-order valence-corrected chi connectivity index (χ0v) is 11.4. The van der Waals surface area contributed by atoms with Crippen molar-refractivity contribution in [3.63, 3.8) is 0 Å². The van der Waals surface area contributed by atoms with E-state index in [9.17, 15) is 17.6 Å². The van der Waals surface area contributed by atoms with Crippen molar-refractivity contribution >= 4 is 21.7 Å². The van der Waals surface area contributed by atoms with Crippen LogP contribution in [0.2, 0.25) is 0 Å². The topological polar surface area (TPSA) is 89.7 Å². The lowest BCUT2D eigenvalue weighted by molar-refractivity contribution is -0.143. The van der Waals surface area contributed by atoms with Crippen molar-refractivity contribution in [1.29, 1.82) is 0 Å². The first-order chi connectivity index (χ1) is 8.80. The molecular weight excluding hydrogens is 275 g/mol. The predicted octanol–water partition coefficient (Wildman–Crippen LogP) is 0.592. The van der Waals surface area contributed by atoms with Gasteiger partial charge in [0.15, 0.2) is 0 Å². The summed E-state index contributed by atoms with van der Waals surface area (Å²) in [5, 5.41) is 0. The Hall–Kier alpha value is -1.67. The maximum atomic E-state index is 13.3. The highest BCUT2D eigenvalue weighted by atomic mass is 32.2. The number of esters is 1.